The molecule has 2 aromatic carbocycles. The van der Waals surface area contributed by atoms with Gasteiger partial charge < -0.3 is 15.8 Å². The van der Waals surface area contributed by atoms with Crippen molar-refractivity contribution in [3.8, 4) is 11.5 Å². The first-order chi connectivity index (χ1) is 15.4. The zero-order chi connectivity index (χ0) is 24.8. The average molecular weight is 505 g/mol. The van der Waals surface area contributed by atoms with Crippen molar-refractivity contribution >= 4 is 33.4 Å². The van der Waals surface area contributed by atoms with E-state index in [9.17, 15) is 26.8 Å². The fourth-order valence-corrected chi connectivity index (χ4v) is 4.24. The molecule has 0 aromatic heterocycles. The van der Waals surface area contributed by atoms with E-state index in [-0.39, 0.29) is 31.3 Å². The second-order valence-electron chi connectivity index (χ2n) is 6.99. The van der Waals surface area contributed by atoms with Crippen LogP contribution in [-0.2, 0) is 19.6 Å². The molecular weight excluding hydrogens is 482 g/mol. The molecule has 33 heavy (non-hydrogen) atoms. The van der Waals surface area contributed by atoms with Gasteiger partial charge in [0, 0.05) is 25.2 Å². The minimum atomic E-state index is -4.51. The number of likely N-dealkylation sites (N-methyl/N-ethyl adjacent to an activating group) is 2. The van der Waals surface area contributed by atoms with E-state index in [2.05, 4.69) is 5.32 Å². The summed E-state index contributed by atoms with van der Waals surface area (Å²) in [4.78, 5) is 23.7. The van der Waals surface area contributed by atoms with E-state index < -0.39 is 44.8 Å². The summed E-state index contributed by atoms with van der Waals surface area (Å²) in [5.41, 5.74) is 5.16. The van der Waals surface area contributed by atoms with Crippen molar-refractivity contribution in [3.05, 3.63) is 53.1 Å². The Morgan fingerprint density at radius 1 is 1.09 bits per heavy atom. The Morgan fingerprint density at radius 3 is 2.18 bits per heavy atom. The Balaban J connectivity index is 2.29. The van der Waals surface area contributed by atoms with Crippen LogP contribution < -0.4 is 15.8 Å². The van der Waals surface area contributed by atoms with Crippen molar-refractivity contribution in [1.29, 1.82) is 0 Å². The van der Waals surface area contributed by atoms with E-state index in [1.807, 2.05) is 0 Å². The first kappa shape index (κ1) is 26.5. The number of rotatable bonds is 11. The van der Waals surface area contributed by atoms with Crippen LogP contribution >= 0.6 is 11.6 Å². The Hall–Kier alpha value is -2.80. The molecule has 9 nitrogen and oxygen atoms in total. The molecule has 0 aliphatic carbocycles. The van der Waals surface area contributed by atoms with Crippen LogP contribution in [0.15, 0.2) is 41.3 Å². The van der Waals surface area contributed by atoms with Gasteiger partial charge in [-0.15, -0.1) is 0 Å². The predicted molar refractivity (Wildman–Crippen MR) is 117 cm³/mol. The number of hydrogen-bond donors (Lipinski definition) is 2. The lowest BCUT2D eigenvalue weighted by Gasteiger charge is -2.24. The van der Waals surface area contributed by atoms with E-state index in [0.29, 0.717) is 21.5 Å². The zero-order valence-electron chi connectivity index (χ0n) is 17.8. The molecular formula is C20H23ClF2N4O5S. The number of nitrogens with two attached hydrogens (primary N) is 1. The van der Waals surface area contributed by atoms with Gasteiger partial charge in [0.05, 0.1) is 18.0 Å². The highest BCUT2D eigenvalue weighted by Gasteiger charge is 2.29. The van der Waals surface area contributed by atoms with Gasteiger partial charge in [0.1, 0.15) is 5.75 Å². The Bertz CT molecular complexity index is 1090. The van der Waals surface area contributed by atoms with Crippen LogP contribution in [0.5, 0.6) is 11.5 Å². The smallest absolute Gasteiger partial charge is 0.243 e. The third kappa shape index (κ3) is 7.35. The number of carbonyl (C=O) groups is 2. The van der Waals surface area contributed by atoms with Gasteiger partial charge in [-0.05, 0) is 43.4 Å². The quantitative estimate of drug-likeness (QED) is 0.479. The average Bonchev–Trinajstić information content (AvgIpc) is 2.74. The predicted octanol–water partition coefficient (Wildman–Crippen LogP) is 1.56. The van der Waals surface area contributed by atoms with Crippen LogP contribution in [0.3, 0.4) is 0 Å². The molecule has 0 atom stereocenters. The van der Waals surface area contributed by atoms with Crippen molar-refractivity contribution in [1.82, 2.24) is 14.5 Å². The van der Waals surface area contributed by atoms with Gasteiger partial charge >= 0.3 is 0 Å². The molecule has 2 rings (SSSR count). The number of ether oxygens (including phenoxy) is 1. The van der Waals surface area contributed by atoms with Crippen molar-refractivity contribution in [2.45, 2.75) is 4.90 Å². The largest absolute Gasteiger partial charge is 0.451 e. The second kappa shape index (κ2) is 11.4. The molecule has 0 unspecified atom stereocenters. The van der Waals surface area contributed by atoms with Crippen molar-refractivity contribution < 1.29 is 31.5 Å². The van der Waals surface area contributed by atoms with Crippen LogP contribution in [0.4, 0.5) is 8.78 Å². The van der Waals surface area contributed by atoms with E-state index in [1.165, 1.54) is 36.2 Å². The van der Waals surface area contributed by atoms with Crippen LogP contribution in [0.1, 0.15) is 0 Å². The topological polar surface area (TPSA) is 122 Å². The van der Waals surface area contributed by atoms with Crippen molar-refractivity contribution in [3.63, 3.8) is 0 Å². The summed E-state index contributed by atoms with van der Waals surface area (Å²) in [5.74, 6) is -4.51. The molecule has 0 saturated heterocycles. The van der Waals surface area contributed by atoms with E-state index in [4.69, 9.17) is 22.1 Å². The van der Waals surface area contributed by atoms with Gasteiger partial charge in [-0.1, -0.05) is 11.6 Å². The van der Waals surface area contributed by atoms with Gasteiger partial charge in [0.25, 0.3) is 0 Å². The fraction of sp³-hybridized carbons (Fsp3) is 0.300. The number of nitrogens with zero attached hydrogens (tertiary/aromatic N) is 2. The monoisotopic (exact) mass is 504 g/mol. The van der Waals surface area contributed by atoms with Gasteiger partial charge in [-0.25, -0.2) is 17.2 Å². The van der Waals surface area contributed by atoms with Gasteiger partial charge in [-0.3, -0.25) is 14.5 Å². The number of benzene rings is 2. The van der Waals surface area contributed by atoms with E-state index >= 15 is 0 Å². The van der Waals surface area contributed by atoms with Crippen LogP contribution in [0.2, 0.25) is 5.02 Å². The molecule has 0 saturated carbocycles. The molecule has 2 aromatic rings. The molecule has 0 bridgehead atoms. The lowest BCUT2D eigenvalue weighted by atomic mass is 10.3. The number of halogens is 3. The molecule has 0 spiro atoms. The minimum Gasteiger partial charge on any atom is -0.451 e. The lowest BCUT2D eigenvalue weighted by molar-refractivity contribution is -0.121. The summed E-state index contributed by atoms with van der Waals surface area (Å²) in [7, 11) is -1.50. The molecule has 0 aliphatic rings. The first-order valence-corrected chi connectivity index (χ1v) is 11.4. The summed E-state index contributed by atoms with van der Waals surface area (Å²) in [6.45, 7) is -0.961. The third-order valence-corrected chi connectivity index (χ3v) is 6.47. The molecule has 0 heterocycles. The minimum absolute atomic E-state index is 0.0268. The third-order valence-electron chi connectivity index (χ3n) is 4.40. The van der Waals surface area contributed by atoms with E-state index in [0.717, 1.165) is 0 Å². The number of amides is 2. The van der Waals surface area contributed by atoms with Gasteiger partial charge in [0.15, 0.2) is 17.4 Å². The normalized spacial score (nSPS) is 11.6. The van der Waals surface area contributed by atoms with Crippen LogP contribution in [0.25, 0.3) is 0 Å². The zero-order valence-corrected chi connectivity index (χ0v) is 19.4. The SMILES string of the molecule is CNC(=O)CN(C)CCN(CC(N)=O)S(=O)(=O)c1cc(F)c(Oc2ccc(Cl)cc2)c(F)c1. The summed E-state index contributed by atoms with van der Waals surface area (Å²) >= 11 is 5.76. The number of hydrogen-bond acceptors (Lipinski definition) is 6. The maximum atomic E-state index is 14.6. The number of sulfonamides is 1. The second-order valence-corrected chi connectivity index (χ2v) is 9.36. The summed E-state index contributed by atoms with van der Waals surface area (Å²) < 4.78 is 61.1. The number of carbonyl (C=O) groups excluding carboxylic acids is 2. The fourth-order valence-electron chi connectivity index (χ4n) is 2.70. The van der Waals surface area contributed by atoms with Gasteiger partial charge in [0.2, 0.25) is 21.8 Å². The highest BCUT2D eigenvalue weighted by atomic mass is 35.5. The summed E-state index contributed by atoms with van der Waals surface area (Å²) in [5, 5.41) is 2.81. The lowest BCUT2D eigenvalue weighted by Crippen LogP contribution is -2.43. The molecule has 2 amide bonds. The molecule has 180 valence electrons. The Morgan fingerprint density at radius 2 is 1.67 bits per heavy atom. The number of nitrogens with one attached hydrogen (secondary N) is 1. The van der Waals surface area contributed by atoms with Crippen molar-refractivity contribution in [2.75, 3.05) is 40.3 Å². The number of primary amides is 1. The maximum Gasteiger partial charge on any atom is 0.243 e. The molecule has 0 aliphatic heterocycles. The molecule has 3 N–H and O–H groups in total. The standard InChI is InChI=1S/C20H23ClF2N4O5S/c1-25-19(29)12-26(2)7-8-27(11-18(24)28)33(30,31)15-9-16(22)20(17(23)10-15)32-14-5-3-13(21)4-6-14/h3-6,9-10H,7-8,11-12H2,1-2H3,(H2,24,28)(H,25,29). The Labute approximate surface area is 195 Å². The van der Waals surface area contributed by atoms with Crippen LogP contribution in [-0.4, -0.2) is 69.7 Å². The first-order valence-electron chi connectivity index (χ1n) is 9.54. The van der Waals surface area contributed by atoms with E-state index in [1.54, 1.807) is 7.05 Å². The van der Waals surface area contributed by atoms with Gasteiger partial charge in [-0.2, -0.15) is 4.31 Å². The highest BCUT2D eigenvalue weighted by molar-refractivity contribution is 7.89. The summed E-state index contributed by atoms with van der Waals surface area (Å²) in [6.07, 6.45) is 0. The summed E-state index contributed by atoms with van der Waals surface area (Å²) in [6, 6.07) is 6.85. The molecule has 0 radical (unpaired) electrons. The molecule has 0 fully saturated rings. The van der Waals surface area contributed by atoms with Crippen LogP contribution in [0, 0.1) is 11.6 Å². The highest BCUT2D eigenvalue weighted by Crippen LogP contribution is 2.31. The molecule has 13 heteroatoms. The maximum absolute atomic E-state index is 14.6. The Kier molecular flexibility index (Phi) is 9.11. The van der Waals surface area contributed by atoms with Crippen molar-refractivity contribution in [2.24, 2.45) is 5.73 Å².